The molecule has 0 amide bonds. The highest BCUT2D eigenvalue weighted by atomic mass is 16.5. The molecule has 4 rings (SSSR count). The summed E-state index contributed by atoms with van der Waals surface area (Å²) in [5.41, 5.74) is 7.17. The Kier molecular flexibility index (Phi) is 3.47. The summed E-state index contributed by atoms with van der Waals surface area (Å²) < 4.78 is 5.33. The number of aromatic amines is 1. The van der Waals surface area contributed by atoms with Crippen LogP contribution in [0.1, 0.15) is 17.0 Å². The number of aryl methyl sites for hydroxylation is 2. The molecule has 120 valence electrons. The molecule has 4 heteroatoms. The highest BCUT2D eigenvalue weighted by Crippen LogP contribution is 2.36. The van der Waals surface area contributed by atoms with Crippen LogP contribution in [-0.4, -0.2) is 15.2 Å². The number of aliphatic hydroxyl groups is 1. The molecule has 2 heterocycles. The Balaban J connectivity index is 1.99. The second-order valence-electron chi connectivity index (χ2n) is 6.02. The highest BCUT2D eigenvalue weighted by Gasteiger charge is 2.15. The van der Waals surface area contributed by atoms with Gasteiger partial charge in [0.15, 0.2) is 0 Å². The Hall–Kier alpha value is -2.85. The Morgan fingerprint density at radius 1 is 1.08 bits per heavy atom. The van der Waals surface area contributed by atoms with Crippen LogP contribution in [0.4, 0.5) is 0 Å². The number of benzene rings is 2. The smallest absolute Gasteiger partial charge is 0.141 e. The van der Waals surface area contributed by atoms with Gasteiger partial charge in [-0.3, -0.25) is 0 Å². The van der Waals surface area contributed by atoms with Gasteiger partial charge in [0.05, 0.1) is 12.3 Å². The van der Waals surface area contributed by atoms with Crippen LogP contribution in [0, 0.1) is 13.8 Å². The molecule has 0 atom stereocenters. The highest BCUT2D eigenvalue weighted by molar-refractivity contribution is 5.99. The van der Waals surface area contributed by atoms with E-state index >= 15 is 0 Å². The summed E-state index contributed by atoms with van der Waals surface area (Å²) in [6, 6.07) is 14.4. The molecular weight excluding hydrogens is 300 g/mol. The van der Waals surface area contributed by atoms with Crippen molar-refractivity contribution in [2.24, 2.45) is 0 Å². The van der Waals surface area contributed by atoms with Crippen molar-refractivity contribution in [3.8, 4) is 22.3 Å². The first-order valence-corrected chi connectivity index (χ1v) is 7.92. The number of nitrogens with zero attached hydrogens (tertiary/aromatic N) is 1. The average molecular weight is 318 g/mol. The van der Waals surface area contributed by atoms with Crippen LogP contribution in [-0.2, 0) is 6.61 Å². The molecule has 0 spiro atoms. The summed E-state index contributed by atoms with van der Waals surface area (Å²) >= 11 is 0. The Morgan fingerprint density at radius 3 is 2.71 bits per heavy atom. The number of hydrogen-bond donors (Lipinski definition) is 2. The quantitative estimate of drug-likeness (QED) is 0.580. The van der Waals surface area contributed by atoms with Crippen molar-refractivity contribution in [2.75, 3.05) is 0 Å². The monoisotopic (exact) mass is 318 g/mol. The molecule has 0 aliphatic rings. The number of nitrogens with one attached hydrogen (secondary N) is 1. The lowest BCUT2D eigenvalue weighted by molar-refractivity contribution is 0.282. The number of rotatable bonds is 3. The van der Waals surface area contributed by atoms with Crippen LogP contribution < -0.4 is 0 Å². The van der Waals surface area contributed by atoms with Gasteiger partial charge in [-0.25, -0.2) is 0 Å². The van der Waals surface area contributed by atoms with Crippen molar-refractivity contribution >= 4 is 10.9 Å². The summed E-state index contributed by atoms with van der Waals surface area (Å²) in [5, 5.41) is 14.7. The van der Waals surface area contributed by atoms with Gasteiger partial charge in [0, 0.05) is 22.7 Å². The van der Waals surface area contributed by atoms with E-state index in [2.05, 4.69) is 34.4 Å². The SMILES string of the molecule is Cc1noc(C)c1-c1cc(-c2cccc(CO)c2)c2cc[nH]c2c1. The molecule has 0 saturated heterocycles. The van der Waals surface area contributed by atoms with E-state index < -0.39 is 0 Å². The summed E-state index contributed by atoms with van der Waals surface area (Å²) in [7, 11) is 0. The van der Waals surface area contributed by atoms with Crippen LogP contribution in [0.15, 0.2) is 53.2 Å². The van der Waals surface area contributed by atoms with Gasteiger partial charge in [0.1, 0.15) is 5.76 Å². The van der Waals surface area contributed by atoms with E-state index in [1.165, 1.54) is 0 Å². The van der Waals surface area contributed by atoms with Crippen LogP contribution in [0.25, 0.3) is 33.2 Å². The lowest BCUT2D eigenvalue weighted by Crippen LogP contribution is -1.88. The van der Waals surface area contributed by atoms with E-state index in [1.54, 1.807) is 0 Å². The molecule has 0 aliphatic carbocycles. The first kappa shape index (κ1) is 14.7. The van der Waals surface area contributed by atoms with Gasteiger partial charge in [-0.15, -0.1) is 0 Å². The molecule has 2 aromatic heterocycles. The number of fused-ring (bicyclic) bond motifs is 1. The molecule has 4 aromatic rings. The molecule has 0 unspecified atom stereocenters. The molecule has 2 N–H and O–H groups in total. The molecule has 4 nitrogen and oxygen atoms in total. The van der Waals surface area contributed by atoms with Crippen molar-refractivity contribution in [1.29, 1.82) is 0 Å². The molecule has 0 aliphatic heterocycles. The molecule has 0 saturated carbocycles. The third-order valence-corrected chi connectivity index (χ3v) is 4.41. The lowest BCUT2D eigenvalue weighted by atomic mass is 9.94. The van der Waals surface area contributed by atoms with Gasteiger partial charge >= 0.3 is 0 Å². The lowest BCUT2D eigenvalue weighted by Gasteiger charge is -2.09. The second-order valence-corrected chi connectivity index (χ2v) is 6.02. The molecule has 0 bridgehead atoms. The van der Waals surface area contributed by atoms with Crippen LogP contribution in [0.5, 0.6) is 0 Å². The van der Waals surface area contributed by atoms with Crippen LogP contribution in [0.3, 0.4) is 0 Å². The third kappa shape index (κ3) is 2.32. The molecule has 24 heavy (non-hydrogen) atoms. The summed E-state index contributed by atoms with van der Waals surface area (Å²) in [5.74, 6) is 0.813. The van der Waals surface area contributed by atoms with Crippen LogP contribution in [0.2, 0.25) is 0 Å². The standard InChI is InChI=1S/C20H18N2O2/c1-12-20(13(2)24-22-12)16-9-18(17-6-7-21-19(17)10-16)15-5-3-4-14(8-15)11-23/h3-10,21,23H,11H2,1-2H3. The maximum absolute atomic E-state index is 9.43. The van der Waals surface area contributed by atoms with E-state index in [9.17, 15) is 5.11 Å². The Morgan fingerprint density at radius 2 is 1.96 bits per heavy atom. The van der Waals surface area contributed by atoms with Crippen molar-refractivity contribution < 1.29 is 9.63 Å². The normalized spacial score (nSPS) is 11.3. The molecule has 2 aromatic carbocycles. The van der Waals surface area contributed by atoms with Gasteiger partial charge in [-0.05, 0) is 60.4 Å². The van der Waals surface area contributed by atoms with Gasteiger partial charge in [0.25, 0.3) is 0 Å². The zero-order chi connectivity index (χ0) is 16.7. The number of H-pyrrole nitrogens is 1. The third-order valence-electron chi connectivity index (χ3n) is 4.41. The van der Waals surface area contributed by atoms with Crippen LogP contribution >= 0.6 is 0 Å². The largest absolute Gasteiger partial charge is 0.392 e. The Labute approximate surface area is 139 Å². The molecule has 0 radical (unpaired) electrons. The van der Waals surface area contributed by atoms with Crippen molar-refractivity contribution in [3.05, 3.63) is 65.7 Å². The number of aromatic nitrogens is 2. The van der Waals surface area contributed by atoms with Gasteiger partial charge in [0.2, 0.25) is 0 Å². The number of hydrogen-bond acceptors (Lipinski definition) is 3. The first-order chi connectivity index (χ1) is 11.7. The number of aliphatic hydroxyl groups excluding tert-OH is 1. The van der Waals surface area contributed by atoms with E-state index in [0.29, 0.717) is 0 Å². The fraction of sp³-hybridized carbons (Fsp3) is 0.150. The van der Waals surface area contributed by atoms with E-state index in [-0.39, 0.29) is 6.61 Å². The van der Waals surface area contributed by atoms with Gasteiger partial charge in [-0.1, -0.05) is 23.4 Å². The van der Waals surface area contributed by atoms with Crippen molar-refractivity contribution in [2.45, 2.75) is 20.5 Å². The summed E-state index contributed by atoms with van der Waals surface area (Å²) in [6.07, 6.45) is 1.95. The minimum atomic E-state index is 0.0354. The maximum atomic E-state index is 9.43. The predicted molar refractivity (Wildman–Crippen MR) is 94.6 cm³/mol. The maximum Gasteiger partial charge on any atom is 0.141 e. The minimum absolute atomic E-state index is 0.0354. The fourth-order valence-electron chi connectivity index (χ4n) is 3.28. The Bertz CT molecular complexity index is 1010. The average Bonchev–Trinajstić information content (AvgIpc) is 3.20. The van der Waals surface area contributed by atoms with Crippen molar-refractivity contribution in [1.82, 2.24) is 10.1 Å². The van der Waals surface area contributed by atoms with E-state index in [1.807, 2.05) is 38.2 Å². The van der Waals surface area contributed by atoms with E-state index in [4.69, 9.17) is 4.52 Å². The summed E-state index contributed by atoms with van der Waals surface area (Å²) in [6.45, 7) is 3.92. The zero-order valence-electron chi connectivity index (χ0n) is 13.6. The topological polar surface area (TPSA) is 62.1 Å². The fourth-order valence-corrected chi connectivity index (χ4v) is 3.28. The van der Waals surface area contributed by atoms with E-state index in [0.717, 1.165) is 50.2 Å². The predicted octanol–water partition coefficient (Wildman–Crippen LogP) is 4.60. The zero-order valence-corrected chi connectivity index (χ0v) is 13.6. The molecular formula is C20H18N2O2. The van der Waals surface area contributed by atoms with Gasteiger partial charge < -0.3 is 14.6 Å². The van der Waals surface area contributed by atoms with Gasteiger partial charge in [-0.2, -0.15) is 0 Å². The van der Waals surface area contributed by atoms with Crippen molar-refractivity contribution in [3.63, 3.8) is 0 Å². The second kappa shape index (κ2) is 5.65. The first-order valence-electron chi connectivity index (χ1n) is 7.92. The molecule has 0 fully saturated rings. The minimum Gasteiger partial charge on any atom is -0.392 e. The summed E-state index contributed by atoms with van der Waals surface area (Å²) in [4.78, 5) is 3.30.